The van der Waals surface area contributed by atoms with Gasteiger partial charge in [-0.05, 0) is 49.6 Å². The highest BCUT2D eigenvalue weighted by molar-refractivity contribution is 5.82. The van der Waals surface area contributed by atoms with Crippen molar-refractivity contribution in [3.05, 3.63) is 81.7 Å². The van der Waals surface area contributed by atoms with Gasteiger partial charge in [-0.1, -0.05) is 25.5 Å². The fourth-order valence-electron chi connectivity index (χ4n) is 3.71. The lowest BCUT2D eigenvalue weighted by Gasteiger charge is -2.22. The van der Waals surface area contributed by atoms with Crippen LogP contribution in [0.4, 0.5) is 0 Å². The molecule has 2 N–H and O–H groups in total. The van der Waals surface area contributed by atoms with Gasteiger partial charge in [-0.25, -0.2) is 4.98 Å². The van der Waals surface area contributed by atoms with Crippen LogP contribution in [0.25, 0.3) is 22.4 Å². The molecule has 1 aromatic carbocycles. The van der Waals surface area contributed by atoms with E-state index in [1.54, 1.807) is 18.5 Å². The van der Waals surface area contributed by atoms with E-state index in [9.17, 15) is 4.79 Å². The Balaban J connectivity index is 1.63. The van der Waals surface area contributed by atoms with E-state index in [1.807, 2.05) is 18.2 Å². The second kappa shape index (κ2) is 8.24. The molecule has 0 bridgehead atoms. The Labute approximate surface area is 175 Å². The number of hydrogen-bond acceptors (Lipinski definition) is 5. The van der Waals surface area contributed by atoms with Gasteiger partial charge >= 0.3 is 0 Å². The number of aryl methyl sites for hydroxylation is 2. The Bertz CT molecular complexity index is 1230. The summed E-state index contributed by atoms with van der Waals surface area (Å²) in [5.41, 5.74) is 4.55. The average Bonchev–Trinajstić information content (AvgIpc) is 3.03. The molecule has 0 aliphatic rings. The molecule has 3 aromatic heterocycles. The Morgan fingerprint density at radius 1 is 1.17 bits per heavy atom. The van der Waals surface area contributed by atoms with Crippen molar-refractivity contribution in [1.82, 2.24) is 20.3 Å². The molecule has 0 spiro atoms. The van der Waals surface area contributed by atoms with Crippen LogP contribution in [-0.4, -0.2) is 15.0 Å². The lowest BCUT2D eigenvalue weighted by molar-refractivity contribution is 0.381. The molecular weight excluding hydrogens is 376 g/mol. The summed E-state index contributed by atoms with van der Waals surface area (Å²) in [5, 5.41) is 4.69. The first kappa shape index (κ1) is 20.0. The van der Waals surface area contributed by atoms with Crippen molar-refractivity contribution in [2.24, 2.45) is 5.92 Å². The fraction of sp³-hybridized carbons (Fsp3) is 0.292. The van der Waals surface area contributed by atoms with Crippen LogP contribution >= 0.6 is 0 Å². The van der Waals surface area contributed by atoms with E-state index in [0.29, 0.717) is 18.1 Å². The van der Waals surface area contributed by atoms with Gasteiger partial charge in [0.2, 0.25) is 0 Å². The van der Waals surface area contributed by atoms with Crippen LogP contribution in [0.3, 0.4) is 0 Å². The van der Waals surface area contributed by atoms with E-state index < -0.39 is 0 Å². The van der Waals surface area contributed by atoms with Gasteiger partial charge in [0.1, 0.15) is 17.2 Å². The summed E-state index contributed by atoms with van der Waals surface area (Å²) in [6, 6.07) is 11.4. The monoisotopic (exact) mass is 402 g/mol. The Morgan fingerprint density at radius 2 is 2.00 bits per heavy atom. The second-order valence-electron chi connectivity index (χ2n) is 8.01. The van der Waals surface area contributed by atoms with Gasteiger partial charge in [-0.3, -0.25) is 9.78 Å². The highest BCUT2D eigenvalue weighted by Crippen LogP contribution is 2.28. The first-order valence-corrected chi connectivity index (χ1v) is 10.2. The molecule has 0 fully saturated rings. The van der Waals surface area contributed by atoms with E-state index in [-0.39, 0.29) is 17.5 Å². The molecule has 0 amide bonds. The molecule has 0 saturated carbocycles. The second-order valence-corrected chi connectivity index (χ2v) is 8.01. The topological polar surface area (TPSA) is 83.8 Å². The van der Waals surface area contributed by atoms with Crippen molar-refractivity contribution in [3.63, 3.8) is 0 Å². The van der Waals surface area contributed by atoms with Crippen LogP contribution in [0.5, 0.6) is 0 Å². The molecule has 4 rings (SSSR count). The third-order valence-electron chi connectivity index (χ3n) is 5.35. The maximum absolute atomic E-state index is 12.3. The minimum atomic E-state index is -0.179. The first-order chi connectivity index (χ1) is 14.4. The normalized spacial score (nSPS) is 12.6. The van der Waals surface area contributed by atoms with Gasteiger partial charge in [0, 0.05) is 29.4 Å². The number of aromatic amines is 1. The quantitative estimate of drug-likeness (QED) is 0.489. The molecule has 4 aromatic rings. The number of aromatic nitrogens is 3. The number of nitrogens with one attached hydrogen (secondary N) is 2. The number of hydrogen-bond donors (Lipinski definition) is 2. The summed E-state index contributed by atoms with van der Waals surface area (Å²) in [6.07, 6.45) is 3.39. The summed E-state index contributed by atoms with van der Waals surface area (Å²) >= 11 is 0. The smallest absolute Gasteiger partial charge is 0.251 e. The zero-order valence-electron chi connectivity index (χ0n) is 17.7. The average molecular weight is 402 g/mol. The molecule has 6 nitrogen and oxygen atoms in total. The molecule has 0 unspecified atom stereocenters. The summed E-state index contributed by atoms with van der Waals surface area (Å²) in [6.45, 7) is 8.94. The number of benzene rings is 1. The van der Waals surface area contributed by atoms with Crippen LogP contribution in [0, 0.1) is 19.8 Å². The van der Waals surface area contributed by atoms with Crippen LogP contribution in [-0.2, 0) is 6.54 Å². The van der Waals surface area contributed by atoms with Crippen LogP contribution in [0.2, 0.25) is 0 Å². The van der Waals surface area contributed by atoms with Crippen molar-refractivity contribution in [1.29, 1.82) is 0 Å². The molecule has 0 aliphatic carbocycles. The first-order valence-electron chi connectivity index (χ1n) is 10.2. The molecule has 1 atom stereocenters. The SMILES string of the molecule is Cc1ccc2oc(CN[C@H](c3cc(=O)[nH]c(-c4cccnc4)n3)C(C)C)c(C)c2c1. The lowest BCUT2D eigenvalue weighted by Crippen LogP contribution is -2.28. The molecule has 3 heterocycles. The van der Waals surface area contributed by atoms with Crippen LogP contribution in [0.15, 0.2) is 58.0 Å². The fourth-order valence-corrected chi connectivity index (χ4v) is 3.71. The van der Waals surface area contributed by atoms with Crippen molar-refractivity contribution in [3.8, 4) is 11.4 Å². The van der Waals surface area contributed by atoms with Gasteiger partial charge in [-0.15, -0.1) is 0 Å². The number of nitrogens with zero attached hydrogens (tertiary/aromatic N) is 2. The third kappa shape index (κ3) is 4.04. The van der Waals surface area contributed by atoms with Crippen LogP contribution < -0.4 is 10.9 Å². The van der Waals surface area contributed by atoms with Crippen molar-refractivity contribution in [2.75, 3.05) is 0 Å². The molecule has 6 heteroatoms. The van der Waals surface area contributed by atoms with E-state index in [4.69, 9.17) is 9.40 Å². The minimum Gasteiger partial charge on any atom is -0.459 e. The Kier molecular flexibility index (Phi) is 5.50. The van der Waals surface area contributed by atoms with Gasteiger partial charge in [0.25, 0.3) is 5.56 Å². The van der Waals surface area contributed by atoms with Crippen molar-refractivity contribution >= 4 is 11.0 Å². The molecule has 0 saturated heterocycles. The summed E-state index contributed by atoms with van der Waals surface area (Å²) < 4.78 is 6.08. The highest BCUT2D eigenvalue weighted by Gasteiger charge is 2.20. The largest absolute Gasteiger partial charge is 0.459 e. The van der Waals surface area contributed by atoms with Gasteiger partial charge < -0.3 is 14.7 Å². The van der Waals surface area contributed by atoms with E-state index in [0.717, 1.165) is 27.9 Å². The zero-order chi connectivity index (χ0) is 21.3. The van der Waals surface area contributed by atoms with Gasteiger partial charge in [0.15, 0.2) is 0 Å². The number of rotatable bonds is 6. The molecule has 154 valence electrons. The Hall–Kier alpha value is -3.25. The molecule has 30 heavy (non-hydrogen) atoms. The number of furan rings is 1. The Morgan fingerprint density at radius 3 is 2.73 bits per heavy atom. The maximum atomic E-state index is 12.3. The molecule has 0 aliphatic heterocycles. The number of H-pyrrole nitrogens is 1. The summed E-state index contributed by atoms with van der Waals surface area (Å²) in [4.78, 5) is 24.0. The lowest BCUT2D eigenvalue weighted by atomic mass is 10.00. The predicted molar refractivity (Wildman–Crippen MR) is 118 cm³/mol. The zero-order valence-corrected chi connectivity index (χ0v) is 17.7. The summed E-state index contributed by atoms with van der Waals surface area (Å²) in [5.74, 6) is 1.65. The third-order valence-corrected chi connectivity index (χ3v) is 5.35. The highest BCUT2D eigenvalue weighted by atomic mass is 16.3. The van der Waals surface area contributed by atoms with Gasteiger partial charge in [-0.2, -0.15) is 0 Å². The predicted octanol–water partition coefficient (Wildman–Crippen LogP) is 4.68. The maximum Gasteiger partial charge on any atom is 0.251 e. The van der Waals surface area contributed by atoms with Crippen LogP contribution in [0.1, 0.15) is 42.5 Å². The van der Waals surface area contributed by atoms with Crippen molar-refractivity contribution in [2.45, 2.75) is 40.3 Å². The minimum absolute atomic E-state index is 0.0999. The summed E-state index contributed by atoms with van der Waals surface area (Å²) in [7, 11) is 0. The van der Waals surface area contributed by atoms with E-state index in [2.05, 4.69) is 55.1 Å². The molecular formula is C24H26N4O2. The number of fused-ring (bicyclic) bond motifs is 1. The molecule has 0 radical (unpaired) electrons. The van der Waals surface area contributed by atoms with E-state index >= 15 is 0 Å². The van der Waals surface area contributed by atoms with E-state index in [1.165, 1.54) is 5.56 Å². The van der Waals surface area contributed by atoms with Crippen molar-refractivity contribution < 1.29 is 4.42 Å². The number of pyridine rings is 1. The van der Waals surface area contributed by atoms with Gasteiger partial charge in [0.05, 0.1) is 18.3 Å². The standard InChI is InChI=1S/C24H26N4O2/c1-14(2)23(19-11-22(29)28-24(27-19)17-6-5-9-25-12-17)26-13-21-16(4)18-10-15(3)7-8-20(18)30-21/h5-12,14,23,26H,13H2,1-4H3,(H,27,28,29)/t23-/m0/s1.